The topological polar surface area (TPSA) is 89.8 Å². The van der Waals surface area contributed by atoms with Crippen molar-refractivity contribution in [2.24, 2.45) is 11.3 Å². The van der Waals surface area contributed by atoms with Gasteiger partial charge in [-0.25, -0.2) is 4.79 Å². The van der Waals surface area contributed by atoms with E-state index in [2.05, 4.69) is 10.6 Å². The van der Waals surface area contributed by atoms with E-state index in [4.69, 9.17) is 13.9 Å². The summed E-state index contributed by atoms with van der Waals surface area (Å²) in [5.41, 5.74) is -0.412. The molecule has 3 aliphatic rings. The van der Waals surface area contributed by atoms with Crippen LogP contribution in [0.5, 0.6) is 0 Å². The number of ether oxygens (including phenoxy) is 2. The third-order valence-corrected chi connectivity index (χ3v) is 6.01. The molecule has 7 nitrogen and oxygen atoms in total. The normalized spacial score (nSPS) is 28.0. The molecule has 0 unspecified atom stereocenters. The Morgan fingerprint density at radius 3 is 2.74 bits per heavy atom. The van der Waals surface area contributed by atoms with E-state index in [1.807, 2.05) is 0 Å². The molecule has 2 heterocycles. The van der Waals surface area contributed by atoms with Crippen LogP contribution in [0.2, 0.25) is 0 Å². The molecule has 2 amide bonds. The third-order valence-electron chi connectivity index (χ3n) is 6.01. The van der Waals surface area contributed by atoms with Crippen molar-refractivity contribution in [1.29, 1.82) is 0 Å². The van der Waals surface area contributed by atoms with E-state index in [-0.39, 0.29) is 29.7 Å². The molecule has 2 N–H and O–H groups in total. The molecule has 7 heteroatoms. The first kappa shape index (κ1) is 18.3. The van der Waals surface area contributed by atoms with Crippen LogP contribution in [-0.4, -0.2) is 36.4 Å². The van der Waals surface area contributed by atoms with Crippen LogP contribution in [-0.2, 0) is 16.0 Å². The maximum absolute atomic E-state index is 12.6. The van der Waals surface area contributed by atoms with Crippen molar-refractivity contribution < 1.29 is 23.5 Å². The average molecular weight is 376 g/mol. The van der Waals surface area contributed by atoms with Gasteiger partial charge in [0.2, 0.25) is 0 Å². The number of carbonyl (C=O) groups excluding carboxylic acids is 2. The fourth-order valence-corrected chi connectivity index (χ4v) is 4.74. The minimum atomic E-state index is -0.555. The predicted molar refractivity (Wildman–Crippen MR) is 97.2 cm³/mol. The summed E-state index contributed by atoms with van der Waals surface area (Å²) in [5, 5.41) is 5.81. The van der Waals surface area contributed by atoms with Gasteiger partial charge in [0.05, 0.1) is 12.6 Å². The van der Waals surface area contributed by atoms with Gasteiger partial charge in [-0.2, -0.15) is 0 Å². The second-order valence-electron chi connectivity index (χ2n) is 8.90. The summed E-state index contributed by atoms with van der Waals surface area (Å²) >= 11 is 0. The Morgan fingerprint density at radius 1 is 1.30 bits per heavy atom. The molecule has 1 aliphatic heterocycles. The maximum Gasteiger partial charge on any atom is 0.408 e. The van der Waals surface area contributed by atoms with Gasteiger partial charge in [-0.15, -0.1) is 0 Å². The minimum absolute atomic E-state index is 0.143. The Hall–Kier alpha value is -2.02. The van der Waals surface area contributed by atoms with E-state index in [0.29, 0.717) is 17.8 Å². The molecule has 3 fully saturated rings. The van der Waals surface area contributed by atoms with Crippen molar-refractivity contribution in [3.8, 4) is 0 Å². The maximum atomic E-state index is 12.6. The molecule has 0 aromatic carbocycles. The van der Waals surface area contributed by atoms with Crippen LogP contribution in [0.3, 0.4) is 0 Å². The first-order valence-corrected chi connectivity index (χ1v) is 9.76. The molecular weight excluding hydrogens is 348 g/mol. The van der Waals surface area contributed by atoms with Crippen LogP contribution >= 0.6 is 0 Å². The number of rotatable bonds is 4. The van der Waals surface area contributed by atoms with Gasteiger partial charge in [0.25, 0.3) is 5.91 Å². The number of alkyl carbamates (subject to hydrolysis) is 1. The number of carbonyl (C=O) groups is 2. The van der Waals surface area contributed by atoms with E-state index in [9.17, 15) is 9.59 Å². The Bertz CT molecular complexity index is 731. The van der Waals surface area contributed by atoms with E-state index >= 15 is 0 Å². The van der Waals surface area contributed by atoms with Gasteiger partial charge in [-0.1, -0.05) is 6.42 Å². The molecule has 0 bridgehead atoms. The van der Waals surface area contributed by atoms with Gasteiger partial charge < -0.3 is 24.5 Å². The van der Waals surface area contributed by atoms with Gasteiger partial charge >= 0.3 is 6.09 Å². The summed E-state index contributed by atoms with van der Waals surface area (Å²) in [6.07, 6.45) is 4.28. The first-order chi connectivity index (χ1) is 12.8. The number of furan rings is 1. The lowest BCUT2D eigenvalue weighted by molar-refractivity contribution is -0.172. The second kappa shape index (κ2) is 6.55. The smallest absolute Gasteiger partial charge is 0.408 e. The van der Waals surface area contributed by atoms with Crippen LogP contribution in [0, 0.1) is 11.3 Å². The fourth-order valence-electron chi connectivity index (χ4n) is 4.74. The molecule has 3 atom stereocenters. The Balaban J connectivity index is 1.32. The summed E-state index contributed by atoms with van der Waals surface area (Å²) in [6, 6.07) is 3.53. The van der Waals surface area contributed by atoms with Crippen LogP contribution in [0.4, 0.5) is 4.79 Å². The molecule has 2 aliphatic carbocycles. The number of fused-ring (bicyclic) bond motifs is 2. The van der Waals surface area contributed by atoms with E-state index in [1.165, 1.54) is 6.42 Å². The average Bonchev–Trinajstić information content (AvgIpc) is 3.15. The quantitative estimate of drug-likeness (QED) is 0.843. The molecule has 148 valence electrons. The number of hydrogen-bond donors (Lipinski definition) is 2. The van der Waals surface area contributed by atoms with Crippen molar-refractivity contribution in [3.63, 3.8) is 0 Å². The second-order valence-corrected chi connectivity index (χ2v) is 8.90. The summed E-state index contributed by atoms with van der Waals surface area (Å²) in [7, 11) is 0. The predicted octanol–water partition coefficient (Wildman–Crippen LogP) is 2.99. The lowest BCUT2D eigenvalue weighted by Gasteiger charge is -2.63. The zero-order valence-corrected chi connectivity index (χ0v) is 16.2. The standard InChI is InChI=1S/C20H28N2O5/c1-19(2,3)27-18(24)21-11-12-5-6-14(26-12)17(23)22-15-13-7-10-25-16(13)20(15)8-4-9-20/h5-6,13,15-16H,4,7-11H2,1-3H3,(H,21,24)(H,22,23)/t13-,15+,16-/m0/s1. The lowest BCUT2D eigenvalue weighted by Crippen LogP contribution is -2.71. The number of amides is 2. The van der Waals surface area contributed by atoms with Crippen LogP contribution in [0.1, 0.15) is 62.8 Å². The van der Waals surface area contributed by atoms with Gasteiger partial charge in [-0.05, 0) is 52.2 Å². The van der Waals surface area contributed by atoms with Crippen LogP contribution in [0.15, 0.2) is 16.5 Å². The number of hydrogen-bond acceptors (Lipinski definition) is 5. The highest BCUT2D eigenvalue weighted by atomic mass is 16.6. The highest BCUT2D eigenvalue weighted by Gasteiger charge is 2.67. The largest absolute Gasteiger partial charge is 0.454 e. The SMILES string of the molecule is CC(C)(C)OC(=O)NCc1ccc(C(=O)N[C@@H]2[C@@H]3CCO[C@@H]3C23CCC3)o1. The molecule has 27 heavy (non-hydrogen) atoms. The molecule has 0 radical (unpaired) electrons. The van der Waals surface area contributed by atoms with E-state index in [1.54, 1.807) is 32.9 Å². The molecule has 2 saturated carbocycles. The Morgan fingerprint density at radius 2 is 2.07 bits per heavy atom. The number of nitrogens with one attached hydrogen (secondary N) is 2. The summed E-state index contributed by atoms with van der Waals surface area (Å²) in [5.74, 6) is 1.02. The molecular formula is C20H28N2O5. The van der Waals surface area contributed by atoms with Crippen LogP contribution < -0.4 is 10.6 Å². The van der Waals surface area contributed by atoms with Crippen molar-refractivity contribution in [1.82, 2.24) is 10.6 Å². The molecule has 1 aromatic heterocycles. The monoisotopic (exact) mass is 376 g/mol. The highest BCUT2D eigenvalue weighted by Crippen LogP contribution is 2.62. The van der Waals surface area contributed by atoms with Gasteiger partial charge in [0, 0.05) is 24.0 Å². The summed E-state index contributed by atoms with van der Waals surface area (Å²) in [4.78, 5) is 24.4. The Labute approximate surface area is 159 Å². The first-order valence-electron chi connectivity index (χ1n) is 9.76. The minimum Gasteiger partial charge on any atom is -0.454 e. The van der Waals surface area contributed by atoms with Crippen LogP contribution in [0.25, 0.3) is 0 Å². The molecule has 4 rings (SSSR count). The van der Waals surface area contributed by atoms with Crippen molar-refractivity contribution in [2.75, 3.05) is 6.61 Å². The molecule has 1 aromatic rings. The zero-order chi connectivity index (χ0) is 19.2. The molecule has 1 spiro atoms. The highest BCUT2D eigenvalue weighted by molar-refractivity contribution is 5.92. The third kappa shape index (κ3) is 3.33. The van der Waals surface area contributed by atoms with E-state index < -0.39 is 11.7 Å². The van der Waals surface area contributed by atoms with Gasteiger partial charge in [-0.3, -0.25) is 4.79 Å². The lowest BCUT2D eigenvalue weighted by atomic mass is 9.46. The Kier molecular flexibility index (Phi) is 4.45. The molecule has 1 saturated heterocycles. The van der Waals surface area contributed by atoms with Gasteiger partial charge in [0.15, 0.2) is 5.76 Å². The summed E-state index contributed by atoms with van der Waals surface area (Å²) in [6.45, 7) is 6.38. The van der Waals surface area contributed by atoms with E-state index in [0.717, 1.165) is 25.9 Å². The van der Waals surface area contributed by atoms with Gasteiger partial charge in [0.1, 0.15) is 11.4 Å². The van der Waals surface area contributed by atoms with Crippen molar-refractivity contribution in [3.05, 3.63) is 23.7 Å². The fraction of sp³-hybridized carbons (Fsp3) is 0.700. The zero-order valence-electron chi connectivity index (χ0n) is 16.2. The summed E-state index contributed by atoms with van der Waals surface area (Å²) < 4.78 is 16.7. The van der Waals surface area contributed by atoms with Crippen molar-refractivity contribution >= 4 is 12.0 Å². The van der Waals surface area contributed by atoms with Crippen molar-refractivity contribution in [2.45, 2.75) is 70.7 Å².